The number of hydrogen-bond acceptors (Lipinski definition) is 3. The zero-order chi connectivity index (χ0) is 12.8. The van der Waals surface area contributed by atoms with Crippen LogP contribution >= 0.6 is 11.6 Å². The molecule has 0 aliphatic carbocycles. The SMILES string of the molecule is C=C(Cl)CNc1cc(OCCC)c(F)cc1N. The minimum Gasteiger partial charge on any atom is -0.490 e. The fourth-order valence-electron chi connectivity index (χ4n) is 1.24. The summed E-state index contributed by atoms with van der Waals surface area (Å²) in [4.78, 5) is 0. The van der Waals surface area contributed by atoms with Gasteiger partial charge >= 0.3 is 0 Å². The molecule has 0 saturated carbocycles. The molecular formula is C12H16ClFN2O. The lowest BCUT2D eigenvalue weighted by molar-refractivity contribution is 0.301. The van der Waals surface area contributed by atoms with Crippen LogP contribution in [0.25, 0.3) is 0 Å². The van der Waals surface area contributed by atoms with Crippen LogP contribution in [0.15, 0.2) is 23.7 Å². The molecule has 0 heterocycles. The van der Waals surface area contributed by atoms with Crippen LogP contribution in [0.2, 0.25) is 0 Å². The fourth-order valence-corrected chi connectivity index (χ4v) is 1.30. The molecule has 0 atom stereocenters. The zero-order valence-corrected chi connectivity index (χ0v) is 10.5. The largest absolute Gasteiger partial charge is 0.490 e. The minimum atomic E-state index is -0.466. The number of anilines is 2. The Morgan fingerprint density at radius 2 is 2.29 bits per heavy atom. The predicted molar refractivity (Wildman–Crippen MR) is 70.1 cm³/mol. The first-order valence-corrected chi connectivity index (χ1v) is 5.71. The van der Waals surface area contributed by atoms with E-state index in [1.54, 1.807) is 0 Å². The van der Waals surface area contributed by atoms with Crippen molar-refractivity contribution < 1.29 is 9.13 Å². The number of nitrogen functional groups attached to an aromatic ring is 1. The highest BCUT2D eigenvalue weighted by atomic mass is 35.5. The third-order valence-electron chi connectivity index (χ3n) is 2.04. The van der Waals surface area contributed by atoms with Crippen LogP contribution in [0, 0.1) is 5.82 Å². The predicted octanol–water partition coefficient (Wildman–Crippen LogP) is 3.36. The Balaban J connectivity index is 2.85. The number of nitrogens with one attached hydrogen (secondary N) is 1. The summed E-state index contributed by atoms with van der Waals surface area (Å²) in [5.41, 5.74) is 6.57. The number of benzene rings is 1. The molecule has 0 aliphatic heterocycles. The highest BCUT2D eigenvalue weighted by Crippen LogP contribution is 2.28. The summed E-state index contributed by atoms with van der Waals surface area (Å²) in [5, 5.41) is 3.40. The lowest BCUT2D eigenvalue weighted by Gasteiger charge is -2.12. The van der Waals surface area contributed by atoms with E-state index in [4.69, 9.17) is 22.1 Å². The molecule has 0 aliphatic rings. The number of rotatable bonds is 6. The van der Waals surface area contributed by atoms with E-state index in [0.717, 1.165) is 6.42 Å². The van der Waals surface area contributed by atoms with Crippen LogP contribution in [-0.4, -0.2) is 13.2 Å². The number of ether oxygens (including phenoxy) is 1. The smallest absolute Gasteiger partial charge is 0.167 e. The van der Waals surface area contributed by atoms with Gasteiger partial charge in [0.2, 0.25) is 0 Å². The molecule has 0 aromatic heterocycles. The Kier molecular flexibility index (Phi) is 5.10. The summed E-state index contributed by atoms with van der Waals surface area (Å²) < 4.78 is 18.7. The molecule has 5 heteroatoms. The molecule has 0 radical (unpaired) electrons. The maximum atomic E-state index is 13.5. The maximum Gasteiger partial charge on any atom is 0.167 e. The van der Waals surface area contributed by atoms with Crippen LogP contribution in [0.3, 0.4) is 0 Å². The van der Waals surface area contributed by atoms with Crippen molar-refractivity contribution in [2.45, 2.75) is 13.3 Å². The normalized spacial score (nSPS) is 10.1. The van der Waals surface area contributed by atoms with E-state index in [-0.39, 0.29) is 5.75 Å². The van der Waals surface area contributed by atoms with Gasteiger partial charge in [-0.2, -0.15) is 0 Å². The molecule has 0 fully saturated rings. The van der Waals surface area contributed by atoms with Gasteiger partial charge in [0.15, 0.2) is 11.6 Å². The molecule has 1 aromatic carbocycles. The van der Waals surface area contributed by atoms with E-state index in [1.807, 2.05) is 6.92 Å². The summed E-state index contributed by atoms with van der Waals surface area (Å²) in [6, 6.07) is 2.75. The van der Waals surface area contributed by atoms with Crippen molar-refractivity contribution in [1.82, 2.24) is 0 Å². The second-order valence-corrected chi connectivity index (χ2v) is 4.12. The van der Waals surface area contributed by atoms with Gasteiger partial charge in [0.25, 0.3) is 0 Å². The van der Waals surface area contributed by atoms with Crippen LogP contribution in [0.4, 0.5) is 15.8 Å². The first-order chi connectivity index (χ1) is 8.04. The van der Waals surface area contributed by atoms with Gasteiger partial charge in [-0.25, -0.2) is 4.39 Å². The molecule has 3 N–H and O–H groups in total. The van der Waals surface area contributed by atoms with Gasteiger partial charge in [-0.1, -0.05) is 25.1 Å². The second kappa shape index (κ2) is 6.35. The monoisotopic (exact) mass is 258 g/mol. The molecule has 0 saturated heterocycles. The van der Waals surface area contributed by atoms with E-state index < -0.39 is 5.82 Å². The van der Waals surface area contributed by atoms with Gasteiger partial charge in [-0.3, -0.25) is 0 Å². The van der Waals surface area contributed by atoms with Gasteiger partial charge < -0.3 is 15.8 Å². The van der Waals surface area contributed by atoms with Crippen molar-refractivity contribution in [3.05, 3.63) is 29.6 Å². The standard InChI is InChI=1S/C12H16ClFN2O/c1-3-4-17-12-6-11(16-7-8(2)13)10(15)5-9(12)14/h5-6,16H,2-4,7,15H2,1H3. The Morgan fingerprint density at radius 3 is 2.88 bits per heavy atom. The van der Waals surface area contributed by atoms with Crippen LogP contribution in [0.5, 0.6) is 5.75 Å². The first kappa shape index (κ1) is 13.6. The number of halogens is 2. The lowest BCUT2D eigenvalue weighted by Crippen LogP contribution is -2.06. The summed E-state index contributed by atoms with van der Waals surface area (Å²) in [6.45, 7) is 6.32. The third-order valence-corrected chi connectivity index (χ3v) is 2.17. The molecule has 1 aromatic rings. The minimum absolute atomic E-state index is 0.184. The molecule has 94 valence electrons. The second-order valence-electron chi connectivity index (χ2n) is 3.59. The Morgan fingerprint density at radius 1 is 1.59 bits per heavy atom. The van der Waals surface area contributed by atoms with E-state index in [2.05, 4.69) is 11.9 Å². The summed E-state index contributed by atoms with van der Waals surface area (Å²) >= 11 is 5.63. The summed E-state index contributed by atoms with van der Waals surface area (Å²) in [6.07, 6.45) is 0.811. The molecule has 0 amide bonds. The van der Waals surface area contributed by atoms with Gasteiger partial charge in [-0.05, 0) is 6.42 Å². The molecule has 1 rings (SSSR count). The molecule has 0 bridgehead atoms. The lowest BCUT2D eigenvalue weighted by atomic mass is 10.2. The molecule has 3 nitrogen and oxygen atoms in total. The molecule has 17 heavy (non-hydrogen) atoms. The third kappa shape index (κ3) is 4.15. The van der Waals surface area contributed by atoms with Crippen molar-refractivity contribution in [3.8, 4) is 5.75 Å². The number of hydrogen-bond donors (Lipinski definition) is 2. The summed E-state index contributed by atoms with van der Waals surface area (Å²) in [7, 11) is 0. The van der Waals surface area contributed by atoms with Crippen molar-refractivity contribution in [2.24, 2.45) is 0 Å². The first-order valence-electron chi connectivity index (χ1n) is 5.33. The molecule has 0 unspecified atom stereocenters. The topological polar surface area (TPSA) is 47.3 Å². The highest BCUT2D eigenvalue weighted by molar-refractivity contribution is 6.29. The average Bonchev–Trinajstić information content (AvgIpc) is 2.26. The van der Waals surface area contributed by atoms with Crippen molar-refractivity contribution in [3.63, 3.8) is 0 Å². The fraction of sp³-hybridized carbons (Fsp3) is 0.333. The van der Waals surface area contributed by atoms with Gasteiger partial charge in [0.05, 0.1) is 24.5 Å². The van der Waals surface area contributed by atoms with Gasteiger partial charge in [0, 0.05) is 17.2 Å². The van der Waals surface area contributed by atoms with E-state index in [1.165, 1.54) is 12.1 Å². The van der Waals surface area contributed by atoms with Crippen molar-refractivity contribution in [1.29, 1.82) is 0 Å². The van der Waals surface area contributed by atoms with Crippen LogP contribution in [-0.2, 0) is 0 Å². The Bertz CT molecular complexity index is 410. The molecule has 0 spiro atoms. The van der Waals surface area contributed by atoms with Crippen molar-refractivity contribution in [2.75, 3.05) is 24.2 Å². The number of nitrogens with two attached hydrogens (primary N) is 1. The van der Waals surface area contributed by atoms with E-state index in [0.29, 0.717) is 29.6 Å². The van der Waals surface area contributed by atoms with Crippen molar-refractivity contribution >= 4 is 23.0 Å². The summed E-state index contributed by atoms with van der Waals surface area (Å²) in [5.74, 6) is -0.282. The van der Waals surface area contributed by atoms with Gasteiger partial charge in [-0.15, -0.1) is 0 Å². The quantitative estimate of drug-likeness (QED) is 0.769. The van der Waals surface area contributed by atoms with Crippen LogP contribution < -0.4 is 15.8 Å². The van der Waals surface area contributed by atoms with E-state index in [9.17, 15) is 4.39 Å². The average molecular weight is 259 g/mol. The Labute approximate surface area is 105 Å². The maximum absolute atomic E-state index is 13.5. The Hall–Kier alpha value is -1.42. The van der Waals surface area contributed by atoms with Crippen LogP contribution in [0.1, 0.15) is 13.3 Å². The highest BCUT2D eigenvalue weighted by Gasteiger charge is 2.08. The molecular weight excluding hydrogens is 243 g/mol. The van der Waals surface area contributed by atoms with Gasteiger partial charge in [0.1, 0.15) is 0 Å². The zero-order valence-electron chi connectivity index (χ0n) is 9.72. The van der Waals surface area contributed by atoms with E-state index >= 15 is 0 Å².